The van der Waals surface area contributed by atoms with Crippen molar-refractivity contribution < 1.29 is 14.2 Å². The van der Waals surface area contributed by atoms with E-state index < -0.39 is 0 Å². The molecule has 26 heavy (non-hydrogen) atoms. The molecule has 0 aromatic carbocycles. The van der Waals surface area contributed by atoms with Crippen LogP contribution in [0.25, 0.3) is 0 Å². The van der Waals surface area contributed by atoms with Crippen LogP contribution in [-0.2, 0) is 14.2 Å². The summed E-state index contributed by atoms with van der Waals surface area (Å²) in [6, 6.07) is 0. The molecule has 2 aliphatic rings. The molecule has 0 N–H and O–H groups in total. The zero-order valence-corrected chi connectivity index (χ0v) is 17.4. The fraction of sp³-hybridized carbons (Fsp3) is 0.909. The molecule has 0 aromatic heterocycles. The highest BCUT2D eigenvalue weighted by Crippen LogP contribution is 2.47. The number of hydrogen-bond acceptors (Lipinski definition) is 4. The van der Waals surface area contributed by atoms with Gasteiger partial charge in [-0.25, -0.2) is 0 Å². The van der Waals surface area contributed by atoms with Gasteiger partial charge in [-0.15, -0.1) is 6.42 Å². The third-order valence-electron chi connectivity index (χ3n) is 6.22. The summed E-state index contributed by atoms with van der Waals surface area (Å²) in [5.74, 6) is 3.18. The highest BCUT2D eigenvalue weighted by atomic mass is 16.7. The Bertz CT molecular complexity index is 449. The first kappa shape index (κ1) is 21.7. The van der Waals surface area contributed by atoms with Crippen molar-refractivity contribution in [3.63, 3.8) is 0 Å². The van der Waals surface area contributed by atoms with E-state index in [1.165, 1.54) is 25.7 Å². The SMILES string of the molecule is C#CCN(CCC1COC2(CCC(C(C)(C)CCC)CC2)O1)COCC. The van der Waals surface area contributed by atoms with Gasteiger partial charge in [0.25, 0.3) is 0 Å². The van der Waals surface area contributed by atoms with Crippen LogP contribution in [0, 0.1) is 23.7 Å². The largest absolute Gasteiger partial charge is 0.366 e. The molecule has 1 aliphatic heterocycles. The maximum atomic E-state index is 6.40. The second-order valence-corrected chi connectivity index (χ2v) is 8.64. The van der Waals surface area contributed by atoms with Crippen molar-refractivity contribution in [2.45, 2.75) is 84.5 Å². The molecule has 150 valence electrons. The first-order valence-corrected chi connectivity index (χ1v) is 10.5. The standard InChI is InChI=1S/C22H39NO3/c1-6-12-21(4,5)19-9-13-22(14-10-19)25-17-20(26-22)11-16-23(15-7-2)18-24-8-3/h2,19-20H,6,8-18H2,1,3-5H3. The van der Waals surface area contributed by atoms with E-state index in [-0.39, 0.29) is 11.9 Å². The lowest BCUT2D eigenvalue weighted by molar-refractivity contribution is -0.197. The van der Waals surface area contributed by atoms with E-state index in [0.717, 1.165) is 31.7 Å². The van der Waals surface area contributed by atoms with Crippen molar-refractivity contribution in [2.24, 2.45) is 11.3 Å². The Kier molecular flexibility index (Phi) is 8.41. The molecule has 2 rings (SSSR count). The number of rotatable bonds is 10. The topological polar surface area (TPSA) is 30.9 Å². The van der Waals surface area contributed by atoms with Gasteiger partial charge >= 0.3 is 0 Å². The van der Waals surface area contributed by atoms with E-state index in [9.17, 15) is 0 Å². The first-order chi connectivity index (χ1) is 12.4. The minimum absolute atomic E-state index is 0.178. The van der Waals surface area contributed by atoms with Gasteiger partial charge in [0.1, 0.15) is 0 Å². The van der Waals surface area contributed by atoms with Crippen molar-refractivity contribution in [1.29, 1.82) is 0 Å². The van der Waals surface area contributed by atoms with Crippen LogP contribution < -0.4 is 0 Å². The fourth-order valence-electron chi connectivity index (χ4n) is 4.57. The predicted molar refractivity (Wildman–Crippen MR) is 106 cm³/mol. The summed E-state index contributed by atoms with van der Waals surface area (Å²) in [7, 11) is 0. The van der Waals surface area contributed by atoms with Crippen LogP contribution in [-0.4, -0.2) is 49.8 Å². The Balaban J connectivity index is 1.77. The van der Waals surface area contributed by atoms with E-state index >= 15 is 0 Å². The van der Waals surface area contributed by atoms with Crippen LogP contribution >= 0.6 is 0 Å². The fourth-order valence-corrected chi connectivity index (χ4v) is 4.57. The third-order valence-corrected chi connectivity index (χ3v) is 6.22. The van der Waals surface area contributed by atoms with Gasteiger partial charge in [-0.3, -0.25) is 4.90 Å². The molecule has 1 unspecified atom stereocenters. The molecule has 1 atom stereocenters. The smallest absolute Gasteiger partial charge is 0.168 e. The van der Waals surface area contributed by atoms with Gasteiger partial charge in [0.15, 0.2) is 5.79 Å². The summed E-state index contributed by atoms with van der Waals surface area (Å²) < 4.78 is 18.1. The molecule has 1 saturated carbocycles. The zero-order valence-electron chi connectivity index (χ0n) is 17.4. The normalized spacial score (nSPS) is 29.4. The average molecular weight is 366 g/mol. The summed E-state index contributed by atoms with van der Waals surface area (Å²) in [6.07, 6.45) is 13.7. The van der Waals surface area contributed by atoms with E-state index in [4.69, 9.17) is 20.6 Å². The van der Waals surface area contributed by atoms with Gasteiger partial charge in [-0.05, 0) is 43.9 Å². The zero-order chi connectivity index (χ0) is 19.0. The molecule has 1 aliphatic carbocycles. The summed E-state index contributed by atoms with van der Waals surface area (Å²) in [4.78, 5) is 2.15. The number of hydrogen-bond donors (Lipinski definition) is 0. The van der Waals surface area contributed by atoms with E-state index in [1.54, 1.807) is 0 Å². The van der Waals surface area contributed by atoms with Crippen LogP contribution in [0.15, 0.2) is 0 Å². The van der Waals surface area contributed by atoms with E-state index in [0.29, 0.717) is 31.9 Å². The van der Waals surface area contributed by atoms with Crippen molar-refractivity contribution in [3.8, 4) is 12.3 Å². The number of ether oxygens (including phenoxy) is 3. The van der Waals surface area contributed by atoms with Gasteiger partial charge in [0, 0.05) is 26.0 Å². The molecule has 0 bridgehead atoms. The van der Waals surface area contributed by atoms with Crippen LogP contribution in [0.5, 0.6) is 0 Å². The van der Waals surface area contributed by atoms with Gasteiger partial charge in [0.2, 0.25) is 0 Å². The molecule has 0 amide bonds. The lowest BCUT2D eigenvalue weighted by Crippen LogP contribution is -2.39. The third kappa shape index (κ3) is 5.96. The molecule has 1 spiro atoms. The van der Waals surface area contributed by atoms with Crippen LogP contribution in [0.4, 0.5) is 0 Å². The van der Waals surface area contributed by atoms with Crippen molar-refractivity contribution in [3.05, 3.63) is 0 Å². The molecule has 0 radical (unpaired) electrons. The quantitative estimate of drug-likeness (QED) is 0.423. The molecule has 1 saturated heterocycles. The average Bonchev–Trinajstić information content (AvgIpc) is 3.00. The highest BCUT2D eigenvalue weighted by molar-refractivity contribution is 4.91. The Morgan fingerprint density at radius 2 is 2.00 bits per heavy atom. The van der Waals surface area contributed by atoms with Gasteiger partial charge < -0.3 is 14.2 Å². The summed E-state index contributed by atoms with van der Waals surface area (Å²) in [6.45, 7) is 12.7. The lowest BCUT2D eigenvalue weighted by atomic mass is 9.68. The molecular weight excluding hydrogens is 326 g/mol. The lowest BCUT2D eigenvalue weighted by Gasteiger charge is -2.42. The van der Waals surface area contributed by atoms with Crippen LogP contribution in [0.2, 0.25) is 0 Å². The predicted octanol–water partition coefficient (Wildman–Crippen LogP) is 4.43. The summed E-state index contributed by atoms with van der Waals surface area (Å²) in [5.41, 5.74) is 0.434. The number of nitrogens with zero attached hydrogens (tertiary/aromatic N) is 1. The van der Waals surface area contributed by atoms with E-state index in [1.807, 2.05) is 6.92 Å². The Morgan fingerprint density at radius 1 is 1.27 bits per heavy atom. The van der Waals surface area contributed by atoms with Crippen LogP contribution in [0.1, 0.15) is 72.6 Å². The number of terminal acetylenes is 1. The maximum Gasteiger partial charge on any atom is 0.168 e. The Labute approximate surface area is 160 Å². The van der Waals surface area contributed by atoms with Crippen molar-refractivity contribution in [1.82, 2.24) is 4.90 Å². The minimum Gasteiger partial charge on any atom is -0.366 e. The maximum absolute atomic E-state index is 6.40. The first-order valence-electron chi connectivity index (χ1n) is 10.5. The second-order valence-electron chi connectivity index (χ2n) is 8.64. The van der Waals surface area contributed by atoms with Crippen LogP contribution in [0.3, 0.4) is 0 Å². The molecule has 4 nitrogen and oxygen atoms in total. The molecule has 4 heteroatoms. The Morgan fingerprint density at radius 3 is 2.62 bits per heavy atom. The summed E-state index contributed by atoms with van der Waals surface area (Å²) >= 11 is 0. The minimum atomic E-state index is -0.319. The van der Waals surface area contributed by atoms with Crippen molar-refractivity contribution >= 4 is 0 Å². The highest BCUT2D eigenvalue weighted by Gasteiger charge is 2.46. The molecule has 2 fully saturated rings. The molecular formula is C22H39NO3. The van der Waals surface area contributed by atoms with Gasteiger partial charge in [-0.2, -0.15) is 0 Å². The second kappa shape index (κ2) is 10.1. The van der Waals surface area contributed by atoms with Crippen molar-refractivity contribution in [2.75, 3.05) is 33.0 Å². The van der Waals surface area contributed by atoms with Gasteiger partial charge in [-0.1, -0.05) is 33.1 Å². The molecule has 0 aromatic rings. The summed E-state index contributed by atoms with van der Waals surface area (Å²) in [5, 5.41) is 0. The monoisotopic (exact) mass is 365 g/mol. The molecule has 1 heterocycles. The Hall–Kier alpha value is -0.600. The van der Waals surface area contributed by atoms with Gasteiger partial charge in [0.05, 0.1) is 26.0 Å². The van der Waals surface area contributed by atoms with E-state index in [2.05, 4.69) is 31.6 Å².